The average Bonchev–Trinajstić information content (AvgIpc) is 3.43. The summed E-state index contributed by atoms with van der Waals surface area (Å²) in [5.74, 6) is 0.480. The van der Waals surface area contributed by atoms with Crippen LogP contribution in [0.2, 0.25) is 0 Å². The van der Waals surface area contributed by atoms with Crippen LogP contribution in [0.5, 0.6) is 0 Å². The molecule has 2 saturated heterocycles. The largest absolute Gasteiger partial charge is 0.441 e. The number of hydrogen-bond acceptors (Lipinski definition) is 8. The van der Waals surface area contributed by atoms with E-state index < -0.39 is 18.3 Å². The van der Waals surface area contributed by atoms with Crippen LogP contribution in [0.25, 0.3) is 11.3 Å². The SMILES string of the molecule is N#Cc1cccc(NC(=O)O[C@@H]2CO[C@H]3[C@H]2OC[C@H]3Nc2nccc(-c3ccccc3)n2)c1. The summed E-state index contributed by atoms with van der Waals surface area (Å²) >= 11 is 0. The molecule has 9 nitrogen and oxygen atoms in total. The molecule has 0 unspecified atom stereocenters. The molecule has 5 rings (SSSR count). The number of fused-ring (bicyclic) bond motifs is 1. The summed E-state index contributed by atoms with van der Waals surface area (Å²) in [7, 11) is 0. The van der Waals surface area contributed by atoms with Gasteiger partial charge in [0.15, 0.2) is 6.10 Å². The van der Waals surface area contributed by atoms with Gasteiger partial charge in [0.25, 0.3) is 0 Å². The molecule has 9 heteroatoms. The van der Waals surface area contributed by atoms with E-state index >= 15 is 0 Å². The predicted molar refractivity (Wildman–Crippen MR) is 119 cm³/mol. The predicted octanol–water partition coefficient (Wildman–Crippen LogP) is 3.21. The van der Waals surface area contributed by atoms with Crippen LogP contribution in [0, 0.1) is 11.3 Å². The number of hydrogen-bond donors (Lipinski definition) is 2. The number of nitriles is 1. The number of nitrogens with zero attached hydrogens (tertiary/aromatic N) is 3. The first-order valence-electron chi connectivity index (χ1n) is 10.6. The summed E-state index contributed by atoms with van der Waals surface area (Å²) < 4.78 is 17.3. The number of carbonyl (C=O) groups is 1. The van der Waals surface area contributed by atoms with Gasteiger partial charge in [0.05, 0.1) is 36.6 Å². The van der Waals surface area contributed by atoms with Gasteiger partial charge in [0.2, 0.25) is 5.95 Å². The Labute approximate surface area is 190 Å². The van der Waals surface area contributed by atoms with Crippen LogP contribution in [0.15, 0.2) is 66.9 Å². The Morgan fingerprint density at radius 1 is 1.06 bits per heavy atom. The van der Waals surface area contributed by atoms with Gasteiger partial charge in [0, 0.05) is 17.4 Å². The van der Waals surface area contributed by atoms with Crippen LogP contribution in [-0.2, 0) is 14.2 Å². The molecular formula is C24H21N5O4. The van der Waals surface area contributed by atoms with Gasteiger partial charge in [0.1, 0.15) is 12.2 Å². The van der Waals surface area contributed by atoms with E-state index in [0.29, 0.717) is 23.8 Å². The van der Waals surface area contributed by atoms with Gasteiger partial charge >= 0.3 is 6.09 Å². The number of nitrogens with one attached hydrogen (secondary N) is 2. The third-order valence-electron chi connectivity index (χ3n) is 5.54. The maximum Gasteiger partial charge on any atom is 0.412 e. The third-order valence-corrected chi connectivity index (χ3v) is 5.54. The lowest BCUT2D eigenvalue weighted by Crippen LogP contribution is -2.38. The van der Waals surface area contributed by atoms with Crippen molar-refractivity contribution in [3.05, 3.63) is 72.4 Å². The lowest BCUT2D eigenvalue weighted by atomic mass is 10.1. The van der Waals surface area contributed by atoms with Crippen molar-refractivity contribution in [3.63, 3.8) is 0 Å². The van der Waals surface area contributed by atoms with Crippen LogP contribution in [-0.4, -0.2) is 53.6 Å². The fourth-order valence-electron chi connectivity index (χ4n) is 4.00. The molecule has 166 valence electrons. The van der Waals surface area contributed by atoms with Gasteiger partial charge in [-0.15, -0.1) is 0 Å². The van der Waals surface area contributed by atoms with Crippen molar-refractivity contribution >= 4 is 17.7 Å². The molecule has 33 heavy (non-hydrogen) atoms. The van der Waals surface area contributed by atoms with E-state index in [0.717, 1.165) is 11.3 Å². The molecule has 2 aliphatic heterocycles. The minimum absolute atomic E-state index is 0.176. The first-order chi connectivity index (χ1) is 16.2. The molecule has 1 amide bonds. The Morgan fingerprint density at radius 2 is 1.91 bits per heavy atom. The summed E-state index contributed by atoms with van der Waals surface area (Å²) in [6.07, 6.45) is -0.154. The molecule has 2 fully saturated rings. The molecule has 0 radical (unpaired) electrons. The highest BCUT2D eigenvalue weighted by molar-refractivity contribution is 5.85. The van der Waals surface area contributed by atoms with E-state index in [1.54, 1.807) is 30.5 Å². The zero-order chi connectivity index (χ0) is 22.6. The summed E-state index contributed by atoms with van der Waals surface area (Å²) in [6.45, 7) is 0.601. The third kappa shape index (κ3) is 4.62. The number of amides is 1. The van der Waals surface area contributed by atoms with Crippen LogP contribution in [0.1, 0.15) is 5.56 Å². The molecule has 3 heterocycles. The molecule has 2 aromatic carbocycles. The van der Waals surface area contributed by atoms with E-state index in [9.17, 15) is 4.79 Å². The van der Waals surface area contributed by atoms with Gasteiger partial charge in [-0.1, -0.05) is 36.4 Å². The fraction of sp³-hybridized carbons (Fsp3) is 0.250. The molecule has 2 aliphatic rings. The zero-order valence-corrected chi connectivity index (χ0v) is 17.5. The van der Waals surface area contributed by atoms with Gasteiger partial charge in [-0.05, 0) is 24.3 Å². The standard InChI is InChI=1S/C24H21N5O4/c25-12-15-5-4-8-17(11-15)27-24(30)33-20-14-32-21-19(13-31-22(20)21)29-23-26-10-9-18(28-23)16-6-2-1-3-7-16/h1-11,19-22H,13-14H2,(H,27,30)(H,26,28,29)/t19-,20-,21-,22+/m1/s1. The Morgan fingerprint density at radius 3 is 2.76 bits per heavy atom. The van der Waals surface area contributed by atoms with Gasteiger partial charge in [-0.2, -0.15) is 5.26 Å². The van der Waals surface area contributed by atoms with Crippen molar-refractivity contribution in [2.45, 2.75) is 24.4 Å². The topological polar surface area (TPSA) is 118 Å². The Hall–Kier alpha value is -4.00. The Balaban J connectivity index is 1.19. The second kappa shape index (κ2) is 9.24. The van der Waals surface area contributed by atoms with Crippen LogP contribution in [0.3, 0.4) is 0 Å². The van der Waals surface area contributed by atoms with Crippen molar-refractivity contribution in [1.82, 2.24) is 9.97 Å². The highest BCUT2D eigenvalue weighted by atomic mass is 16.6. The molecule has 1 aromatic heterocycles. The summed E-state index contributed by atoms with van der Waals surface area (Å²) in [6, 6.07) is 20.2. The molecule has 0 bridgehead atoms. The van der Waals surface area contributed by atoms with Crippen molar-refractivity contribution < 1.29 is 19.0 Å². The van der Waals surface area contributed by atoms with Gasteiger partial charge in [-0.25, -0.2) is 14.8 Å². The molecular weight excluding hydrogens is 422 g/mol. The highest BCUT2D eigenvalue weighted by Crippen LogP contribution is 2.30. The summed E-state index contributed by atoms with van der Waals surface area (Å²) in [4.78, 5) is 21.3. The van der Waals surface area contributed by atoms with E-state index in [4.69, 9.17) is 19.5 Å². The van der Waals surface area contributed by atoms with E-state index in [1.165, 1.54) is 0 Å². The number of carbonyl (C=O) groups excluding carboxylic acids is 1. The number of aromatic nitrogens is 2. The molecule has 2 N–H and O–H groups in total. The maximum absolute atomic E-state index is 12.3. The van der Waals surface area contributed by atoms with Crippen molar-refractivity contribution in [2.75, 3.05) is 23.8 Å². The summed E-state index contributed by atoms with van der Waals surface area (Å²) in [5, 5.41) is 14.9. The number of benzene rings is 2. The second-order valence-corrected chi connectivity index (χ2v) is 7.74. The van der Waals surface area contributed by atoms with Crippen molar-refractivity contribution in [3.8, 4) is 17.3 Å². The first kappa shape index (κ1) is 20.9. The lowest BCUT2D eigenvalue weighted by Gasteiger charge is -2.18. The molecule has 0 spiro atoms. The fourth-order valence-corrected chi connectivity index (χ4v) is 4.00. The van der Waals surface area contributed by atoms with Crippen LogP contribution in [0.4, 0.5) is 16.4 Å². The lowest BCUT2D eigenvalue weighted by molar-refractivity contribution is 0.00917. The quantitative estimate of drug-likeness (QED) is 0.617. The Kier molecular flexibility index (Phi) is 5.85. The van der Waals surface area contributed by atoms with E-state index in [1.807, 2.05) is 42.5 Å². The van der Waals surface area contributed by atoms with Crippen LogP contribution < -0.4 is 10.6 Å². The minimum atomic E-state index is -0.627. The smallest absolute Gasteiger partial charge is 0.412 e. The van der Waals surface area contributed by atoms with Crippen molar-refractivity contribution in [1.29, 1.82) is 5.26 Å². The molecule has 0 saturated carbocycles. The minimum Gasteiger partial charge on any atom is -0.441 e. The molecule has 3 aromatic rings. The number of rotatable bonds is 5. The van der Waals surface area contributed by atoms with Gasteiger partial charge in [-0.3, -0.25) is 5.32 Å². The van der Waals surface area contributed by atoms with E-state index in [-0.39, 0.29) is 18.8 Å². The number of ether oxygens (including phenoxy) is 3. The first-order valence-corrected chi connectivity index (χ1v) is 10.6. The second-order valence-electron chi connectivity index (χ2n) is 7.74. The number of anilines is 2. The van der Waals surface area contributed by atoms with Gasteiger partial charge < -0.3 is 19.5 Å². The van der Waals surface area contributed by atoms with Crippen molar-refractivity contribution in [2.24, 2.45) is 0 Å². The molecule has 0 aliphatic carbocycles. The maximum atomic E-state index is 12.3. The van der Waals surface area contributed by atoms with Crippen LogP contribution >= 0.6 is 0 Å². The highest BCUT2D eigenvalue weighted by Gasteiger charge is 2.49. The average molecular weight is 443 g/mol. The normalized spacial score (nSPS) is 23.4. The Bertz CT molecular complexity index is 1180. The molecule has 4 atom stereocenters. The monoisotopic (exact) mass is 443 g/mol. The zero-order valence-electron chi connectivity index (χ0n) is 17.5. The summed E-state index contributed by atoms with van der Waals surface area (Å²) in [5.41, 5.74) is 2.75. The van der Waals surface area contributed by atoms with E-state index in [2.05, 4.69) is 20.6 Å².